The molecule has 3 atom stereocenters. The molecule has 5 N–H and O–H groups in total. The molecule has 1 aromatic carbocycles. The number of hydrogen-bond acceptors (Lipinski definition) is 10. The Morgan fingerprint density at radius 2 is 1.79 bits per heavy atom. The molecule has 47 heavy (non-hydrogen) atoms. The van der Waals surface area contributed by atoms with Crippen LogP contribution in [0.1, 0.15) is 38.1 Å². The third-order valence-electron chi connectivity index (χ3n) is 7.26. The number of hydrogen-bond donors (Lipinski definition) is 5. The molecule has 0 saturated carbocycles. The number of amides is 3. The molecule has 0 unspecified atom stereocenters. The number of aromatic carboxylic acids is 1. The van der Waals surface area contributed by atoms with E-state index in [9.17, 15) is 47.2 Å². The summed E-state index contributed by atoms with van der Waals surface area (Å²) in [4.78, 5) is 70.7. The van der Waals surface area contributed by atoms with Crippen LogP contribution in [0.2, 0.25) is 0 Å². The number of aryl methyl sites for hydroxylation is 1. The number of carboxylic acids is 2. The van der Waals surface area contributed by atoms with Crippen molar-refractivity contribution < 1.29 is 81.3 Å². The van der Waals surface area contributed by atoms with Crippen molar-refractivity contribution in [1.29, 1.82) is 0 Å². The molecule has 2 aromatic heterocycles. The van der Waals surface area contributed by atoms with Crippen molar-refractivity contribution in [1.82, 2.24) is 25.5 Å². The number of H-pyrrole nitrogens is 1. The standard InChI is InChI=1S/C28H26N6O10S2.Na/c35-23(18(16-4-2-1-3-5-16)31-24(36)19-20(27(38)39)30-14-29-19)32-21-25(37)34-22(28(40)41)17(13-45-26(21)34)12-33-9-6-15(7-10-33)8-11-46(42,43)44;/h1-7,9-10,14,18,21,26H,8,11-13H2,(H5-,29,30,31,32,35,36,38,39,40,41,42,43,44);/q;+1/t18-,21-,26-;/m1./s1. The predicted octanol–water partition coefficient (Wildman–Crippen LogP) is -3.60. The first-order valence-corrected chi connectivity index (χ1v) is 16.2. The number of aliphatic carboxylic acids is 1. The molecule has 1 saturated heterocycles. The van der Waals surface area contributed by atoms with Gasteiger partial charge in [-0.3, -0.25) is 19.3 Å². The number of carbonyl (C=O) groups is 5. The number of thioether (sulfide) groups is 1. The van der Waals surface area contributed by atoms with Gasteiger partial charge in [-0.05, 0) is 17.5 Å². The van der Waals surface area contributed by atoms with Crippen LogP contribution in [0, 0.1) is 0 Å². The van der Waals surface area contributed by atoms with Crippen molar-refractivity contribution in [2.45, 2.75) is 30.4 Å². The van der Waals surface area contributed by atoms with E-state index in [-0.39, 0.29) is 54.0 Å². The average molecular weight is 694 g/mol. The van der Waals surface area contributed by atoms with E-state index in [0.29, 0.717) is 16.7 Å². The van der Waals surface area contributed by atoms with Crippen molar-refractivity contribution in [2.24, 2.45) is 0 Å². The maximum atomic E-state index is 13.5. The minimum atomic E-state index is -4.37. The number of nitrogens with one attached hydrogen (secondary N) is 3. The number of carbonyl (C=O) groups excluding carboxylic acids is 3. The quantitative estimate of drug-likeness (QED) is 0.0535. The second kappa shape index (κ2) is 14.8. The molecule has 2 aliphatic rings. The Bertz CT molecular complexity index is 1850. The second-order valence-corrected chi connectivity index (χ2v) is 12.9. The predicted molar refractivity (Wildman–Crippen MR) is 157 cm³/mol. The first-order chi connectivity index (χ1) is 21.8. The van der Waals surface area contributed by atoms with Crippen LogP contribution >= 0.6 is 11.8 Å². The van der Waals surface area contributed by atoms with Crippen LogP contribution in [-0.2, 0) is 37.5 Å². The maximum absolute atomic E-state index is 13.5. The summed E-state index contributed by atoms with van der Waals surface area (Å²) in [5, 5.41) is 23.7. The number of aromatic nitrogens is 3. The van der Waals surface area contributed by atoms with Gasteiger partial charge < -0.3 is 30.4 Å². The molecule has 0 bridgehead atoms. The van der Waals surface area contributed by atoms with E-state index in [1.807, 2.05) is 0 Å². The summed E-state index contributed by atoms with van der Waals surface area (Å²) < 4.78 is 34.4. The van der Waals surface area contributed by atoms with Crippen molar-refractivity contribution in [2.75, 3.05) is 11.5 Å². The number of fused-ring (bicyclic) bond motifs is 1. The Balaban J connectivity index is 0.00000500. The van der Waals surface area contributed by atoms with Crippen LogP contribution < -0.4 is 44.8 Å². The molecular weight excluding hydrogens is 667 g/mol. The zero-order valence-electron chi connectivity index (χ0n) is 24.7. The Morgan fingerprint density at radius 1 is 1.11 bits per heavy atom. The number of imidazole rings is 1. The van der Waals surface area contributed by atoms with Crippen LogP contribution in [0.3, 0.4) is 0 Å². The molecule has 2 aliphatic heterocycles. The van der Waals surface area contributed by atoms with Gasteiger partial charge in [-0.25, -0.2) is 27.6 Å². The number of benzene rings is 1. The monoisotopic (exact) mass is 693 g/mol. The first-order valence-electron chi connectivity index (χ1n) is 13.6. The molecule has 0 spiro atoms. The summed E-state index contributed by atoms with van der Waals surface area (Å²) in [6, 6.07) is 8.83. The van der Waals surface area contributed by atoms with Gasteiger partial charge in [0.05, 0.1) is 16.4 Å². The van der Waals surface area contributed by atoms with Crippen molar-refractivity contribution in [3.8, 4) is 0 Å². The zero-order valence-corrected chi connectivity index (χ0v) is 28.3. The smallest absolute Gasteiger partial charge is 0.748 e. The topological polar surface area (TPSA) is 243 Å². The van der Waals surface area contributed by atoms with Gasteiger partial charge in [-0.2, -0.15) is 0 Å². The molecule has 4 heterocycles. The number of rotatable bonds is 12. The van der Waals surface area contributed by atoms with E-state index in [0.717, 1.165) is 11.2 Å². The number of carboxylic acid groups (broad SMARTS) is 2. The Hall–Kier alpha value is -4.07. The number of pyridine rings is 1. The Labute approximate surface area is 293 Å². The molecule has 0 aliphatic carbocycles. The molecule has 1 fully saturated rings. The average Bonchev–Trinajstić information content (AvgIpc) is 3.52. The number of aromatic amines is 1. The third-order valence-corrected chi connectivity index (χ3v) is 9.30. The molecule has 3 amide bonds. The molecular formula is C28H26N6NaO10S2+. The van der Waals surface area contributed by atoms with Crippen LogP contribution in [0.15, 0.2) is 72.5 Å². The van der Waals surface area contributed by atoms with Crippen LogP contribution in [0.25, 0.3) is 0 Å². The second-order valence-electron chi connectivity index (χ2n) is 10.3. The normalized spacial score (nSPS) is 17.9. The van der Waals surface area contributed by atoms with Gasteiger partial charge in [0.15, 0.2) is 30.3 Å². The minimum Gasteiger partial charge on any atom is -0.748 e. The van der Waals surface area contributed by atoms with Crippen molar-refractivity contribution >= 4 is 51.5 Å². The van der Waals surface area contributed by atoms with Gasteiger partial charge in [0.2, 0.25) is 5.91 Å². The molecule has 16 nitrogen and oxygen atoms in total. The van der Waals surface area contributed by atoms with Gasteiger partial charge in [0.1, 0.15) is 23.2 Å². The van der Waals surface area contributed by atoms with Crippen LogP contribution in [-0.4, -0.2) is 90.6 Å². The molecule has 0 radical (unpaired) electrons. The molecule has 240 valence electrons. The fraction of sp³-hybridized carbons (Fsp3) is 0.250. The van der Waals surface area contributed by atoms with E-state index in [2.05, 4.69) is 20.6 Å². The van der Waals surface area contributed by atoms with Crippen LogP contribution in [0.4, 0.5) is 0 Å². The van der Waals surface area contributed by atoms with Gasteiger partial charge in [-0.15, -0.1) is 11.8 Å². The van der Waals surface area contributed by atoms with Crippen molar-refractivity contribution in [3.05, 3.63) is 95.0 Å². The zero-order chi connectivity index (χ0) is 33.2. The summed E-state index contributed by atoms with van der Waals surface area (Å²) in [7, 11) is -4.37. The van der Waals surface area contributed by atoms with E-state index in [1.54, 1.807) is 59.4 Å². The Kier molecular flexibility index (Phi) is 11.3. The SMILES string of the molecule is O=C(O)C1=C(C[n+]2ccc(CCS(=O)(=O)[O-])cc2)CS[C@@H]2[C@H](NC(=O)[C@H](NC(=O)c3nc[nH]c3C(=O)O)c3ccccc3)C(=O)N12.[Na+]. The van der Waals surface area contributed by atoms with E-state index in [4.69, 9.17) is 0 Å². The third kappa shape index (κ3) is 8.09. The molecule has 3 aromatic rings. The summed E-state index contributed by atoms with van der Waals surface area (Å²) in [6.07, 6.45) is 4.28. The van der Waals surface area contributed by atoms with Crippen LogP contribution in [0.5, 0.6) is 0 Å². The summed E-state index contributed by atoms with van der Waals surface area (Å²) in [5.74, 6) is -5.50. The first kappa shape index (κ1) is 35.8. The number of nitrogens with zero attached hydrogens (tertiary/aromatic N) is 3. The van der Waals surface area contributed by atoms with Crippen molar-refractivity contribution in [3.63, 3.8) is 0 Å². The largest absolute Gasteiger partial charge is 1.00 e. The van der Waals surface area contributed by atoms with E-state index in [1.165, 1.54) is 11.8 Å². The maximum Gasteiger partial charge on any atom is 1.00 e. The number of β-lactam (4-membered cyclic amide) rings is 1. The van der Waals surface area contributed by atoms with E-state index >= 15 is 0 Å². The van der Waals surface area contributed by atoms with Gasteiger partial charge in [0, 0.05) is 29.2 Å². The summed E-state index contributed by atoms with van der Waals surface area (Å²) in [6.45, 7) is 0.107. The van der Waals surface area contributed by atoms with Gasteiger partial charge in [-0.1, -0.05) is 30.3 Å². The minimum absolute atomic E-state index is 0. The fourth-order valence-corrected chi connectivity index (χ4v) is 6.86. The fourth-order valence-electron chi connectivity index (χ4n) is 5.04. The van der Waals surface area contributed by atoms with Gasteiger partial charge >= 0.3 is 41.5 Å². The Morgan fingerprint density at radius 3 is 2.40 bits per heavy atom. The van der Waals surface area contributed by atoms with E-state index < -0.39 is 74.4 Å². The molecule has 5 rings (SSSR count). The summed E-state index contributed by atoms with van der Waals surface area (Å²) in [5.41, 5.74) is 0.235. The van der Waals surface area contributed by atoms with Gasteiger partial charge in [0.25, 0.3) is 11.8 Å². The summed E-state index contributed by atoms with van der Waals surface area (Å²) >= 11 is 1.24. The molecule has 19 heteroatoms.